The van der Waals surface area contributed by atoms with Crippen LogP contribution in [0.3, 0.4) is 0 Å². The molecule has 7 nitrogen and oxygen atoms in total. The minimum Gasteiger partial charge on any atom is -0.457 e. The standard InChI is InChI=1S/C25H28O7/c1-3-5-22(27)24(29)31-20-11-7-17(8-12-20)15-19(26)16-18-9-13-21(14-10-18)32-25(30)23(28)6-4-2/h3-14,19,24-26,29-30H,15-16H2,1-2H3. The molecule has 2 aromatic carbocycles. The van der Waals surface area contributed by atoms with Gasteiger partial charge in [0.15, 0.2) is 0 Å². The Morgan fingerprint density at radius 3 is 1.38 bits per heavy atom. The number of ketones is 2. The zero-order chi connectivity index (χ0) is 23.5. The van der Waals surface area contributed by atoms with E-state index in [0.29, 0.717) is 24.3 Å². The highest BCUT2D eigenvalue weighted by molar-refractivity contribution is 5.92. The van der Waals surface area contributed by atoms with Gasteiger partial charge in [-0.1, -0.05) is 36.4 Å². The van der Waals surface area contributed by atoms with Crippen molar-refractivity contribution in [1.82, 2.24) is 0 Å². The molecule has 0 heterocycles. The number of allylic oxidation sites excluding steroid dienone is 2. The molecule has 0 aliphatic rings. The molecule has 0 saturated heterocycles. The highest BCUT2D eigenvalue weighted by atomic mass is 16.6. The number of carbonyl (C=O) groups excluding carboxylic acids is 2. The smallest absolute Gasteiger partial charge is 0.261 e. The molecule has 0 aromatic heterocycles. The minimum absolute atomic E-state index is 0.347. The fourth-order valence-electron chi connectivity index (χ4n) is 2.89. The summed E-state index contributed by atoms with van der Waals surface area (Å²) in [6.45, 7) is 3.34. The van der Waals surface area contributed by atoms with Gasteiger partial charge in [0.1, 0.15) is 11.5 Å². The van der Waals surface area contributed by atoms with E-state index in [1.807, 2.05) is 0 Å². The van der Waals surface area contributed by atoms with Gasteiger partial charge in [0, 0.05) is 0 Å². The molecule has 2 unspecified atom stereocenters. The Hall–Kier alpha value is -3.26. The molecular formula is C25H28O7. The summed E-state index contributed by atoms with van der Waals surface area (Å²) in [5.74, 6) is -0.386. The van der Waals surface area contributed by atoms with Crippen molar-refractivity contribution < 1.29 is 34.4 Å². The maximum Gasteiger partial charge on any atom is 0.261 e. The lowest BCUT2D eigenvalue weighted by Crippen LogP contribution is -2.25. The fourth-order valence-corrected chi connectivity index (χ4v) is 2.89. The Morgan fingerprint density at radius 1 is 0.719 bits per heavy atom. The topological polar surface area (TPSA) is 113 Å². The van der Waals surface area contributed by atoms with E-state index in [1.54, 1.807) is 62.4 Å². The molecule has 3 N–H and O–H groups in total. The van der Waals surface area contributed by atoms with E-state index in [2.05, 4.69) is 0 Å². The van der Waals surface area contributed by atoms with Crippen LogP contribution in [0.25, 0.3) is 0 Å². The van der Waals surface area contributed by atoms with Crippen LogP contribution in [0.2, 0.25) is 0 Å². The van der Waals surface area contributed by atoms with Crippen LogP contribution < -0.4 is 9.47 Å². The molecule has 170 valence electrons. The molecule has 0 bridgehead atoms. The summed E-state index contributed by atoms with van der Waals surface area (Å²) in [6, 6.07) is 13.5. The maximum absolute atomic E-state index is 11.5. The maximum atomic E-state index is 11.5. The first-order valence-corrected chi connectivity index (χ1v) is 10.2. The zero-order valence-electron chi connectivity index (χ0n) is 18.0. The Balaban J connectivity index is 1.86. The number of aliphatic hydroxyl groups is 3. The van der Waals surface area contributed by atoms with Gasteiger partial charge in [0.2, 0.25) is 11.6 Å². The molecule has 0 aliphatic carbocycles. The third-order valence-electron chi connectivity index (χ3n) is 4.43. The van der Waals surface area contributed by atoms with Crippen LogP contribution in [0.4, 0.5) is 0 Å². The van der Waals surface area contributed by atoms with E-state index >= 15 is 0 Å². The predicted molar refractivity (Wildman–Crippen MR) is 119 cm³/mol. The van der Waals surface area contributed by atoms with Crippen LogP contribution in [-0.2, 0) is 22.4 Å². The Labute approximate surface area is 187 Å². The lowest BCUT2D eigenvalue weighted by atomic mass is 10.0. The van der Waals surface area contributed by atoms with Crippen LogP contribution >= 0.6 is 0 Å². The Kier molecular flexibility index (Phi) is 9.81. The van der Waals surface area contributed by atoms with Gasteiger partial charge in [0.05, 0.1) is 6.10 Å². The van der Waals surface area contributed by atoms with Gasteiger partial charge in [-0.05, 0) is 74.2 Å². The van der Waals surface area contributed by atoms with Gasteiger partial charge in [-0.3, -0.25) is 9.59 Å². The summed E-state index contributed by atoms with van der Waals surface area (Å²) < 4.78 is 10.4. The largest absolute Gasteiger partial charge is 0.457 e. The van der Waals surface area contributed by atoms with Gasteiger partial charge in [-0.15, -0.1) is 0 Å². The molecule has 2 atom stereocenters. The Morgan fingerprint density at radius 2 is 1.06 bits per heavy atom. The first kappa shape index (κ1) is 25.0. The summed E-state index contributed by atoms with van der Waals surface area (Å²) in [5.41, 5.74) is 1.73. The van der Waals surface area contributed by atoms with Crippen LogP contribution in [0.1, 0.15) is 25.0 Å². The average molecular weight is 440 g/mol. The first-order valence-electron chi connectivity index (χ1n) is 10.2. The monoisotopic (exact) mass is 440 g/mol. The summed E-state index contributed by atoms with van der Waals surface area (Å²) in [6.07, 6.45) is 2.56. The molecule has 0 aliphatic heterocycles. The van der Waals surface area contributed by atoms with E-state index in [1.165, 1.54) is 24.3 Å². The van der Waals surface area contributed by atoms with Crippen molar-refractivity contribution in [1.29, 1.82) is 0 Å². The fraction of sp³-hybridized carbons (Fsp3) is 0.280. The van der Waals surface area contributed by atoms with Gasteiger partial charge < -0.3 is 24.8 Å². The summed E-state index contributed by atoms with van der Waals surface area (Å²) >= 11 is 0. The second-order valence-corrected chi connectivity index (χ2v) is 7.10. The van der Waals surface area contributed by atoms with Crippen LogP contribution in [0, 0.1) is 0 Å². The molecular weight excluding hydrogens is 412 g/mol. The van der Waals surface area contributed by atoms with Crippen LogP contribution in [0.5, 0.6) is 11.5 Å². The zero-order valence-corrected chi connectivity index (χ0v) is 18.0. The number of aliphatic hydroxyl groups excluding tert-OH is 3. The number of benzene rings is 2. The molecule has 0 fully saturated rings. The van der Waals surface area contributed by atoms with Gasteiger partial charge in [-0.25, -0.2) is 0 Å². The molecule has 32 heavy (non-hydrogen) atoms. The SMILES string of the molecule is CC=CC(=O)C(O)Oc1ccc(CC(O)Cc2ccc(OC(O)C(=O)C=CC)cc2)cc1. The van der Waals surface area contributed by atoms with Crippen LogP contribution in [0.15, 0.2) is 72.8 Å². The molecule has 2 aromatic rings. The summed E-state index contributed by atoms with van der Waals surface area (Å²) in [4.78, 5) is 23.1. The molecule has 2 rings (SSSR count). The lowest BCUT2D eigenvalue weighted by Gasteiger charge is -2.14. The van der Waals surface area contributed by atoms with Crippen molar-refractivity contribution in [3.05, 3.63) is 84.0 Å². The van der Waals surface area contributed by atoms with Crippen LogP contribution in [-0.4, -0.2) is 45.6 Å². The number of rotatable bonds is 12. The van der Waals surface area contributed by atoms with Crippen molar-refractivity contribution >= 4 is 11.6 Å². The molecule has 0 radical (unpaired) electrons. The number of ether oxygens (including phenoxy) is 2. The van der Waals surface area contributed by atoms with E-state index in [4.69, 9.17) is 9.47 Å². The quantitative estimate of drug-likeness (QED) is 0.343. The number of hydrogen-bond donors (Lipinski definition) is 3. The third kappa shape index (κ3) is 8.11. The summed E-state index contributed by atoms with van der Waals surface area (Å²) in [5, 5.41) is 29.8. The number of carbonyl (C=O) groups is 2. The van der Waals surface area contributed by atoms with Crippen molar-refractivity contribution in [2.45, 2.75) is 45.4 Å². The van der Waals surface area contributed by atoms with E-state index < -0.39 is 30.3 Å². The van der Waals surface area contributed by atoms with Crippen molar-refractivity contribution in [3.8, 4) is 11.5 Å². The minimum atomic E-state index is -1.56. The Bertz CT molecular complexity index is 852. The highest BCUT2D eigenvalue weighted by Gasteiger charge is 2.15. The van der Waals surface area contributed by atoms with Crippen molar-refractivity contribution in [2.75, 3.05) is 0 Å². The lowest BCUT2D eigenvalue weighted by molar-refractivity contribution is -0.136. The second-order valence-electron chi connectivity index (χ2n) is 7.10. The molecule has 0 spiro atoms. The normalized spacial score (nSPS) is 14.3. The summed E-state index contributed by atoms with van der Waals surface area (Å²) in [7, 11) is 0. The first-order chi connectivity index (χ1) is 15.3. The van der Waals surface area contributed by atoms with E-state index in [-0.39, 0.29) is 0 Å². The molecule has 0 amide bonds. The molecule has 0 saturated carbocycles. The van der Waals surface area contributed by atoms with Crippen molar-refractivity contribution in [2.24, 2.45) is 0 Å². The van der Waals surface area contributed by atoms with Gasteiger partial charge in [-0.2, -0.15) is 0 Å². The molecule has 7 heteroatoms. The third-order valence-corrected chi connectivity index (χ3v) is 4.43. The van der Waals surface area contributed by atoms with E-state index in [0.717, 1.165) is 11.1 Å². The average Bonchev–Trinajstić information content (AvgIpc) is 2.76. The van der Waals surface area contributed by atoms with Crippen molar-refractivity contribution in [3.63, 3.8) is 0 Å². The predicted octanol–water partition coefficient (Wildman–Crippen LogP) is 2.52. The number of hydrogen-bond acceptors (Lipinski definition) is 7. The van der Waals surface area contributed by atoms with Gasteiger partial charge >= 0.3 is 0 Å². The highest BCUT2D eigenvalue weighted by Crippen LogP contribution is 2.18. The second kappa shape index (κ2) is 12.6. The van der Waals surface area contributed by atoms with E-state index in [9.17, 15) is 24.9 Å². The van der Waals surface area contributed by atoms with Gasteiger partial charge in [0.25, 0.3) is 12.6 Å².